The van der Waals surface area contributed by atoms with Crippen molar-refractivity contribution in [1.82, 2.24) is 5.32 Å². The molecule has 0 fully saturated rings. The predicted molar refractivity (Wildman–Crippen MR) is 127 cm³/mol. The largest absolute Gasteiger partial charge is 0.497 e. The molecule has 0 aliphatic heterocycles. The van der Waals surface area contributed by atoms with Crippen LogP contribution >= 0.6 is 0 Å². The lowest BCUT2D eigenvalue weighted by molar-refractivity contribution is -0.119. The standard InChI is InChI=1S/C24H27N3O4S/c1-26(20-9-5-3-6-10-20)18-17-25-24(28)19-27(21-13-15-22(31-2)16-14-21)32(29,30)23-11-7-4-8-12-23/h3-16H,17-19H2,1-2H3,(H,25,28). The molecule has 0 aliphatic rings. The van der Waals surface area contributed by atoms with Gasteiger partial charge in [0.15, 0.2) is 0 Å². The molecule has 3 rings (SSSR count). The van der Waals surface area contributed by atoms with E-state index in [9.17, 15) is 13.2 Å². The summed E-state index contributed by atoms with van der Waals surface area (Å²) in [6.07, 6.45) is 0. The Bertz CT molecular complexity index is 1110. The van der Waals surface area contributed by atoms with Crippen molar-refractivity contribution in [3.8, 4) is 5.75 Å². The number of rotatable bonds is 10. The Kier molecular flexibility index (Phi) is 7.72. The number of nitrogens with one attached hydrogen (secondary N) is 1. The van der Waals surface area contributed by atoms with Crippen LogP contribution in [0, 0.1) is 0 Å². The number of amides is 1. The van der Waals surface area contributed by atoms with E-state index in [0.29, 0.717) is 24.5 Å². The van der Waals surface area contributed by atoms with Gasteiger partial charge in [-0.05, 0) is 48.5 Å². The van der Waals surface area contributed by atoms with E-state index in [-0.39, 0.29) is 17.3 Å². The van der Waals surface area contributed by atoms with Crippen molar-refractivity contribution in [2.45, 2.75) is 4.90 Å². The number of benzene rings is 3. The maximum Gasteiger partial charge on any atom is 0.264 e. The maximum atomic E-state index is 13.3. The minimum atomic E-state index is -3.93. The highest BCUT2D eigenvalue weighted by atomic mass is 32.2. The molecule has 0 heterocycles. The Morgan fingerprint density at radius 2 is 1.47 bits per heavy atom. The number of methoxy groups -OCH3 is 1. The Morgan fingerprint density at radius 3 is 2.06 bits per heavy atom. The Balaban J connectivity index is 1.72. The molecule has 7 nitrogen and oxygen atoms in total. The normalized spacial score (nSPS) is 10.9. The smallest absolute Gasteiger partial charge is 0.264 e. The zero-order chi connectivity index (χ0) is 23.0. The fourth-order valence-corrected chi connectivity index (χ4v) is 4.59. The molecule has 0 unspecified atom stereocenters. The molecular formula is C24H27N3O4S. The summed E-state index contributed by atoms with van der Waals surface area (Å²) in [6.45, 7) is 0.633. The number of para-hydroxylation sites is 1. The first-order valence-corrected chi connectivity index (χ1v) is 11.6. The molecule has 32 heavy (non-hydrogen) atoms. The van der Waals surface area contributed by atoms with Crippen molar-refractivity contribution in [2.24, 2.45) is 0 Å². The summed E-state index contributed by atoms with van der Waals surface area (Å²) in [5, 5.41) is 2.82. The average molecular weight is 454 g/mol. The Hall–Kier alpha value is -3.52. The van der Waals surface area contributed by atoms with Gasteiger partial charge in [0, 0.05) is 25.8 Å². The zero-order valence-corrected chi connectivity index (χ0v) is 19.0. The van der Waals surface area contributed by atoms with Gasteiger partial charge in [0.05, 0.1) is 17.7 Å². The van der Waals surface area contributed by atoms with E-state index in [4.69, 9.17) is 4.74 Å². The van der Waals surface area contributed by atoms with Crippen LogP contribution in [-0.4, -0.2) is 48.1 Å². The van der Waals surface area contributed by atoms with Crippen molar-refractivity contribution in [3.05, 3.63) is 84.9 Å². The highest BCUT2D eigenvalue weighted by Crippen LogP contribution is 2.25. The van der Waals surface area contributed by atoms with Crippen molar-refractivity contribution in [2.75, 3.05) is 43.0 Å². The van der Waals surface area contributed by atoms with Gasteiger partial charge in [-0.15, -0.1) is 0 Å². The monoisotopic (exact) mass is 453 g/mol. The van der Waals surface area contributed by atoms with E-state index in [1.54, 1.807) is 42.5 Å². The number of hydrogen-bond acceptors (Lipinski definition) is 5. The van der Waals surface area contributed by atoms with E-state index in [1.165, 1.54) is 19.2 Å². The number of nitrogens with zero attached hydrogens (tertiary/aromatic N) is 2. The van der Waals surface area contributed by atoms with Crippen LogP contribution in [0.4, 0.5) is 11.4 Å². The molecule has 0 atom stereocenters. The molecule has 1 amide bonds. The second kappa shape index (κ2) is 10.7. The maximum absolute atomic E-state index is 13.3. The fourth-order valence-electron chi connectivity index (χ4n) is 3.14. The highest BCUT2D eigenvalue weighted by molar-refractivity contribution is 7.92. The number of ether oxygens (including phenoxy) is 1. The third kappa shape index (κ3) is 5.79. The summed E-state index contributed by atoms with van der Waals surface area (Å²) in [5.41, 5.74) is 1.42. The Labute approximate surface area is 189 Å². The van der Waals surface area contributed by atoms with Gasteiger partial charge < -0.3 is 15.0 Å². The molecule has 1 N–H and O–H groups in total. The van der Waals surface area contributed by atoms with Crippen LogP contribution < -0.4 is 19.3 Å². The molecule has 3 aromatic rings. The zero-order valence-electron chi connectivity index (χ0n) is 18.1. The second-order valence-corrected chi connectivity index (χ2v) is 8.99. The van der Waals surface area contributed by atoms with Crippen molar-refractivity contribution >= 4 is 27.3 Å². The molecule has 0 spiro atoms. The first kappa shape index (κ1) is 23.1. The van der Waals surface area contributed by atoms with Crippen LogP contribution in [0.5, 0.6) is 5.75 Å². The van der Waals surface area contributed by atoms with Crippen LogP contribution in [0.2, 0.25) is 0 Å². The first-order valence-electron chi connectivity index (χ1n) is 10.2. The predicted octanol–water partition coefficient (Wildman–Crippen LogP) is 3.14. The van der Waals surface area contributed by atoms with Crippen LogP contribution in [0.3, 0.4) is 0 Å². The van der Waals surface area contributed by atoms with E-state index in [1.807, 2.05) is 42.3 Å². The minimum absolute atomic E-state index is 0.118. The highest BCUT2D eigenvalue weighted by Gasteiger charge is 2.27. The quantitative estimate of drug-likeness (QED) is 0.510. The summed E-state index contributed by atoms with van der Waals surface area (Å²) in [5.74, 6) is 0.209. The third-order valence-corrected chi connectivity index (χ3v) is 6.73. The average Bonchev–Trinajstić information content (AvgIpc) is 2.83. The molecule has 168 valence electrons. The molecule has 0 bridgehead atoms. The van der Waals surface area contributed by atoms with E-state index in [0.717, 1.165) is 9.99 Å². The van der Waals surface area contributed by atoms with Crippen molar-refractivity contribution in [3.63, 3.8) is 0 Å². The summed E-state index contributed by atoms with van der Waals surface area (Å²) >= 11 is 0. The number of likely N-dealkylation sites (N-methyl/N-ethyl adjacent to an activating group) is 1. The molecule has 0 aliphatic carbocycles. The van der Waals surface area contributed by atoms with E-state index >= 15 is 0 Å². The number of anilines is 2. The van der Waals surface area contributed by atoms with Gasteiger partial charge in [-0.25, -0.2) is 8.42 Å². The van der Waals surface area contributed by atoms with Gasteiger partial charge in [0.1, 0.15) is 12.3 Å². The number of carbonyl (C=O) groups is 1. The van der Waals surface area contributed by atoms with Crippen LogP contribution in [0.1, 0.15) is 0 Å². The number of carbonyl (C=O) groups excluding carboxylic acids is 1. The van der Waals surface area contributed by atoms with E-state index in [2.05, 4.69) is 5.32 Å². The molecule has 0 saturated heterocycles. The lowest BCUT2D eigenvalue weighted by Crippen LogP contribution is -2.42. The minimum Gasteiger partial charge on any atom is -0.497 e. The molecule has 8 heteroatoms. The van der Waals surface area contributed by atoms with Gasteiger partial charge in [-0.3, -0.25) is 9.10 Å². The van der Waals surface area contributed by atoms with Gasteiger partial charge in [0.25, 0.3) is 10.0 Å². The van der Waals surface area contributed by atoms with Gasteiger partial charge in [0.2, 0.25) is 5.91 Å². The molecule has 0 aromatic heterocycles. The van der Waals surface area contributed by atoms with Gasteiger partial charge in [-0.1, -0.05) is 36.4 Å². The molecule has 0 saturated carbocycles. The summed E-state index contributed by atoms with van der Waals surface area (Å²) < 4.78 is 32.9. The summed E-state index contributed by atoms with van der Waals surface area (Å²) in [4.78, 5) is 14.8. The van der Waals surface area contributed by atoms with Gasteiger partial charge >= 0.3 is 0 Å². The summed E-state index contributed by atoms with van der Waals surface area (Å²) in [7, 11) is -0.461. The Morgan fingerprint density at radius 1 is 0.875 bits per heavy atom. The number of hydrogen-bond donors (Lipinski definition) is 1. The van der Waals surface area contributed by atoms with Crippen LogP contribution in [0.15, 0.2) is 89.8 Å². The molecule has 3 aromatic carbocycles. The van der Waals surface area contributed by atoms with E-state index < -0.39 is 10.0 Å². The second-order valence-electron chi connectivity index (χ2n) is 7.13. The molecule has 0 radical (unpaired) electrons. The SMILES string of the molecule is COc1ccc(N(CC(=O)NCCN(C)c2ccccc2)S(=O)(=O)c2ccccc2)cc1. The lowest BCUT2D eigenvalue weighted by Gasteiger charge is -2.25. The van der Waals surface area contributed by atoms with Crippen LogP contribution in [0.25, 0.3) is 0 Å². The number of sulfonamides is 1. The first-order chi connectivity index (χ1) is 15.4. The third-order valence-electron chi connectivity index (χ3n) is 4.95. The topological polar surface area (TPSA) is 79.0 Å². The van der Waals surface area contributed by atoms with Gasteiger partial charge in [-0.2, -0.15) is 0 Å². The van der Waals surface area contributed by atoms with Crippen molar-refractivity contribution < 1.29 is 17.9 Å². The van der Waals surface area contributed by atoms with Crippen molar-refractivity contribution in [1.29, 1.82) is 0 Å². The summed E-state index contributed by atoms with van der Waals surface area (Å²) in [6, 6.07) is 24.5. The van der Waals surface area contributed by atoms with Crippen LogP contribution in [-0.2, 0) is 14.8 Å². The fraction of sp³-hybridized carbons (Fsp3) is 0.208. The molecular weight excluding hydrogens is 426 g/mol. The lowest BCUT2D eigenvalue weighted by atomic mass is 10.3.